The highest BCUT2D eigenvalue weighted by atomic mass is 16.1. The smallest absolute Gasteiger partial charge is 0.254 e. The van der Waals surface area contributed by atoms with Gasteiger partial charge in [0.05, 0.1) is 11.4 Å². The molecule has 4 nitrogen and oxygen atoms in total. The SMILES string of the molecule is Cc1c(-c2ccccn2)nc(C(C)C)[nH]c1=O. The van der Waals surface area contributed by atoms with Crippen LogP contribution in [0.1, 0.15) is 31.2 Å². The van der Waals surface area contributed by atoms with E-state index in [0.29, 0.717) is 17.1 Å². The summed E-state index contributed by atoms with van der Waals surface area (Å²) in [6.45, 7) is 5.76. The van der Waals surface area contributed by atoms with Crippen molar-refractivity contribution in [3.8, 4) is 11.4 Å². The molecule has 17 heavy (non-hydrogen) atoms. The molecule has 2 rings (SSSR count). The molecule has 4 heteroatoms. The maximum Gasteiger partial charge on any atom is 0.254 e. The number of pyridine rings is 1. The van der Waals surface area contributed by atoms with E-state index in [-0.39, 0.29) is 11.5 Å². The van der Waals surface area contributed by atoms with Gasteiger partial charge in [-0.15, -0.1) is 0 Å². The van der Waals surface area contributed by atoms with E-state index in [1.165, 1.54) is 0 Å². The molecule has 1 N–H and O–H groups in total. The van der Waals surface area contributed by atoms with Gasteiger partial charge in [-0.2, -0.15) is 0 Å². The van der Waals surface area contributed by atoms with Gasteiger partial charge < -0.3 is 4.98 Å². The van der Waals surface area contributed by atoms with Crippen LogP contribution in [0.2, 0.25) is 0 Å². The zero-order valence-corrected chi connectivity index (χ0v) is 10.2. The molecular formula is C13H15N3O. The van der Waals surface area contributed by atoms with E-state index in [0.717, 1.165) is 5.69 Å². The lowest BCUT2D eigenvalue weighted by atomic mass is 10.1. The van der Waals surface area contributed by atoms with Crippen molar-refractivity contribution in [1.29, 1.82) is 0 Å². The minimum Gasteiger partial charge on any atom is -0.310 e. The second-order valence-corrected chi connectivity index (χ2v) is 4.29. The van der Waals surface area contributed by atoms with Crippen molar-refractivity contribution < 1.29 is 0 Å². The van der Waals surface area contributed by atoms with E-state index in [9.17, 15) is 4.79 Å². The highest BCUT2D eigenvalue weighted by Gasteiger charge is 2.12. The minimum atomic E-state index is -0.0932. The molecule has 0 spiro atoms. The average Bonchev–Trinajstić information content (AvgIpc) is 2.33. The molecule has 2 aromatic rings. The van der Waals surface area contributed by atoms with Crippen molar-refractivity contribution in [3.05, 3.63) is 46.1 Å². The van der Waals surface area contributed by atoms with Crippen molar-refractivity contribution >= 4 is 0 Å². The summed E-state index contributed by atoms with van der Waals surface area (Å²) in [4.78, 5) is 23.3. The quantitative estimate of drug-likeness (QED) is 0.859. The number of rotatable bonds is 2. The lowest BCUT2D eigenvalue weighted by Crippen LogP contribution is -2.17. The van der Waals surface area contributed by atoms with Gasteiger partial charge in [0, 0.05) is 17.7 Å². The second kappa shape index (κ2) is 4.49. The molecule has 0 aliphatic carbocycles. The molecule has 2 aromatic heterocycles. The van der Waals surface area contributed by atoms with E-state index in [2.05, 4.69) is 15.0 Å². The monoisotopic (exact) mass is 229 g/mol. The predicted octanol–water partition coefficient (Wildman–Crippen LogP) is 2.26. The molecular weight excluding hydrogens is 214 g/mol. The summed E-state index contributed by atoms with van der Waals surface area (Å²) in [7, 11) is 0. The average molecular weight is 229 g/mol. The predicted molar refractivity (Wildman–Crippen MR) is 66.9 cm³/mol. The van der Waals surface area contributed by atoms with Crippen molar-refractivity contribution in [2.45, 2.75) is 26.7 Å². The molecule has 88 valence electrons. The molecule has 0 aromatic carbocycles. The van der Waals surface area contributed by atoms with Crippen LogP contribution in [0.3, 0.4) is 0 Å². The van der Waals surface area contributed by atoms with Gasteiger partial charge in [0.25, 0.3) is 5.56 Å². The van der Waals surface area contributed by atoms with Crippen LogP contribution < -0.4 is 5.56 Å². The number of nitrogens with zero attached hydrogens (tertiary/aromatic N) is 2. The zero-order valence-electron chi connectivity index (χ0n) is 10.2. The van der Waals surface area contributed by atoms with Crippen LogP contribution >= 0.6 is 0 Å². The maximum atomic E-state index is 11.8. The van der Waals surface area contributed by atoms with Gasteiger partial charge >= 0.3 is 0 Å². The first kappa shape index (κ1) is 11.5. The van der Waals surface area contributed by atoms with Gasteiger partial charge in [0.2, 0.25) is 0 Å². The van der Waals surface area contributed by atoms with Gasteiger partial charge in [-0.1, -0.05) is 19.9 Å². The number of hydrogen-bond donors (Lipinski definition) is 1. The number of aromatic amines is 1. The molecule has 0 bridgehead atoms. The highest BCUT2D eigenvalue weighted by molar-refractivity contribution is 5.57. The third kappa shape index (κ3) is 2.25. The zero-order chi connectivity index (χ0) is 12.4. The summed E-state index contributed by atoms with van der Waals surface area (Å²) in [5.74, 6) is 0.881. The lowest BCUT2D eigenvalue weighted by Gasteiger charge is -2.09. The fourth-order valence-electron chi connectivity index (χ4n) is 1.58. The molecule has 0 amide bonds. The minimum absolute atomic E-state index is 0.0932. The number of hydrogen-bond acceptors (Lipinski definition) is 3. The molecule has 0 saturated carbocycles. The molecule has 0 aliphatic rings. The van der Waals surface area contributed by atoms with Gasteiger partial charge in [-0.05, 0) is 19.1 Å². The van der Waals surface area contributed by atoms with Crippen LogP contribution in [0.4, 0.5) is 0 Å². The Balaban J connectivity index is 2.65. The van der Waals surface area contributed by atoms with Gasteiger partial charge in [0.15, 0.2) is 0 Å². The second-order valence-electron chi connectivity index (χ2n) is 4.29. The molecule has 0 unspecified atom stereocenters. The molecule has 0 saturated heterocycles. The molecule has 0 radical (unpaired) electrons. The van der Waals surface area contributed by atoms with E-state index in [4.69, 9.17) is 0 Å². The third-order valence-electron chi connectivity index (χ3n) is 2.62. The van der Waals surface area contributed by atoms with E-state index in [1.54, 1.807) is 13.1 Å². The van der Waals surface area contributed by atoms with Crippen molar-refractivity contribution in [2.75, 3.05) is 0 Å². The number of aromatic nitrogens is 3. The maximum absolute atomic E-state index is 11.8. The molecule has 0 fully saturated rings. The first-order chi connectivity index (χ1) is 8.09. The van der Waals surface area contributed by atoms with Gasteiger partial charge in [0.1, 0.15) is 5.82 Å². The molecule has 0 aliphatic heterocycles. The Morgan fingerprint density at radius 2 is 2.06 bits per heavy atom. The highest BCUT2D eigenvalue weighted by Crippen LogP contribution is 2.17. The normalized spacial score (nSPS) is 10.8. The fraction of sp³-hybridized carbons (Fsp3) is 0.308. The third-order valence-corrected chi connectivity index (χ3v) is 2.62. The Morgan fingerprint density at radius 3 is 2.65 bits per heavy atom. The van der Waals surface area contributed by atoms with Crippen LogP contribution in [0.25, 0.3) is 11.4 Å². The van der Waals surface area contributed by atoms with Crippen molar-refractivity contribution in [1.82, 2.24) is 15.0 Å². The van der Waals surface area contributed by atoms with Gasteiger partial charge in [-0.25, -0.2) is 4.98 Å². The lowest BCUT2D eigenvalue weighted by molar-refractivity contribution is 0.764. The number of H-pyrrole nitrogens is 1. The summed E-state index contributed by atoms with van der Waals surface area (Å²) in [6.07, 6.45) is 1.70. The van der Waals surface area contributed by atoms with E-state index in [1.807, 2.05) is 32.0 Å². The van der Waals surface area contributed by atoms with Crippen LogP contribution in [0, 0.1) is 6.92 Å². The largest absolute Gasteiger partial charge is 0.310 e. The fourth-order valence-corrected chi connectivity index (χ4v) is 1.58. The van der Waals surface area contributed by atoms with Crippen LogP contribution in [-0.2, 0) is 0 Å². The van der Waals surface area contributed by atoms with Crippen molar-refractivity contribution in [3.63, 3.8) is 0 Å². The van der Waals surface area contributed by atoms with Crippen LogP contribution in [0.15, 0.2) is 29.2 Å². The Kier molecular flexibility index (Phi) is 3.04. The first-order valence-corrected chi connectivity index (χ1v) is 5.62. The van der Waals surface area contributed by atoms with Crippen LogP contribution in [-0.4, -0.2) is 15.0 Å². The topological polar surface area (TPSA) is 58.6 Å². The Hall–Kier alpha value is -1.97. The van der Waals surface area contributed by atoms with Gasteiger partial charge in [-0.3, -0.25) is 9.78 Å². The molecule has 0 atom stereocenters. The summed E-state index contributed by atoms with van der Waals surface area (Å²) in [6, 6.07) is 5.59. The Morgan fingerprint density at radius 1 is 1.29 bits per heavy atom. The summed E-state index contributed by atoms with van der Waals surface area (Å²) >= 11 is 0. The Labute approximate surface area is 99.8 Å². The summed E-state index contributed by atoms with van der Waals surface area (Å²) < 4.78 is 0. The van der Waals surface area contributed by atoms with E-state index < -0.39 is 0 Å². The van der Waals surface area contributed by atoms with Crippen molar-refractivity contribution in [2.24, 2.45) is 0 Å². The van der Waals surface area contributed by atoms with Crippen LogP contribution in [0.5, 0.6) is 0 Å². The summed E-state index contributed by atoms with van der Waals surface area (Å²) in [5.41, 5.74) is 1.91. The van der Waals surface area contributed by atoms with E-state index >= 15 is 0 Å². The standard InChI is InChI=1S/C13H15N3O/c1-8(2)12-15-11(9(3)13(17)16-12)10-6-4-5-7-14-10/h4-8H,1-3H3,(H,15,16,17). The number of nitrogens with one attached hydrogen (secondary N) is 1. The Bertz CT molecular complexity index is 573. The first-order valence-electron chi connectivity index (χ1n) is 5.62. The summed E-state index contributed by atoms with van der Waals surface area (Å²) in [5, 5.41) is 0. The molecule has 2 heterocycles.